The number of aromatic nitrogens is 6. The molecule has 27 heteroatoms. The van der Waals surface area contributed by atoms with Gasteiger partial charge in [-0.1, -0.05) is 64.0 Å². The van der Waals surface area contributed by atoms with Gasteiger partial charge < -0.3 is 44.8 Å². The summed E-state index contributed by atoms with van der Waals surface area (Å²) in [6.45, 7) is -3.73. The molecule has 0 spiro atoms. The third-order valence-corrected chi connectivity index (χ3v) is 16.1. The Hall–Kier alpha value is -4.91. The van der Waals surface area contributed by atoms with Crippen LogP contribution in [0.1, 0.15) is 86.7 Å². The van der Waals surface area contributed by atoms with Gasteiger partial charge in [-0.25, -0.2) is 37.9 Å². The summed E-state index contributed by atoms with van der Waals surface area (Å²) in [4.78, 5) is 64.7. The molecule has 70 heavy (non-hydrogen) atoms. The minimum atomic E-state index is -5.50. The highest BCUT2D eigenvalue weighted by Crippen LogP contribution is 2.64. The number of unbranched alkanes of at least 4 members (excludes halogenated alkanes) is 7. The van der Waals surface area contributed by atoms with Crippen molar-refractivity contribution in [2.24, 2.45) is 0 Å². The Labute approximate surface area is 403 Å². The molecule has 3 fully saturated rings. The first-order valence-corrected chi connectivity index (χ1v) is 26.9. The molecule has 10 atom stereocenters. The van der Waals surface area contributed by atoms with Crippen molar-refractivity contribution < 1.29 is 64.6 Å². The number of hydrogen-bond donors (Lipinski definition) is 3. The van der Waals surface area contributed by atoms with E-state index < -0.39 is 94.3 Å². The summed E-state index contributed by atoms with van der Waals surface area (Å²) < 4.78 is 108. The Bertz CT molecular complexity index is 2770. The Morgan fingerprint density at radius 1 is 0.843 bits per heavy atom. The summed E-state index contributed by atoms with van der Waals surface area (Å²) >= 11 is 0.595. The van der Waals surface area contributed by atoms with Gasteiger partial charge in [0.15, 0.2) is 36.3 Å². The fraction of sp³-hybridized carbons (Fsp3) is 0.488. The molecule has 6 heterocycles. The SMILES string of the molecule is CCCCCCCCCCOc1ccc(C(=O)Oc2ccc(CSP3(=O)OC[C@H]4O[C@@H](n5ccc(=O)[nH]c5=O)[C@H](F)[C@@H]4OP(=O)([O-])OC[C@H]4O[C@@H](n5cnc6c(N)ncnc65)[C@H](F)[C@@H]4O3)cc2)cc1.[NH4+]. The van der Waals surface area contributed by atoms with E-state index in [0.717, 1.165) is 31.4 Å². The highest BCUT2D eigenvalue weighted by atomic mass is 32.7. The van der Waals surface area contributed by atoms with E-state index in [9.17, 15) is 28.4 Å². The van der Waals surface area contributed by atoms with Gasteiger partial charge in [0.1, 0.15) is 47.8 Å². The van der Waals surface area contributed by atoms with E-state index in [-0.39, 0.29) is 34.6 Å². The Kier molecular flexibility index (Phi) is 17.8. The Morgan fingerprint density at radius 3 is 2.16 bits per heavy atom. The van der Waals surface area contributed by atoms with Crippen molar-refractivity contribution in [3.05, 3.63) is 105 Å². The van der Waals surface area contributed by atoms with Crippen LogP contribution in [0.2, 0.25) is 0 Å². The topological polar surface area (TPSA) is 309 Å². The first kappa shape index (κ1) is 52.9. The van der Waals surface area contributed by atoms with Crippen molar-refractivity contribution in [3.63, 3.8) is 0 Å². The van der Waals surface area contributed by atoms with Gasteiger partial charge in [-0.05, 0) is 59.8 Å². The second-order valence-electron chi connectivity index (χ2n) is 16.4. The number of quaternary nitrogens is 1. The number of nitrogens with two attached hydrogens (primary N) is 1. The number of carbonyl (C=O) groups is 1. The van der Waals surface area contributed by atoms with Gasteiger partial charge in [-0.3, -0.25) is 32.5 Å². The first-order chi connectivity index (χ1) is 33.2. The number of nitrogens with zero attached hydrogens (tertiary/aromatic N) is 5. The van der Waals surface area contributed by atoms with E-state index in [2.05, 4.69) is 21.9 Å². The lowest BCUT2D eigenvalue weighted by atomic mass is 10.1. The summed E-state index contributed by atoms with van der Waals surface area (Å²) in [5, 5.41) is 0. The standard InChI is InChI=1S/C43H51F2N7O14P2S.H3N/c1-2-3-4-5-6-7-8-9-20-59-28-16-12-27(13-17-28)42(54)62-29-14-10-26(11-15-29)23-69-68(58)61-22-31-36(33(44)40(63-31)51-19-18-32(53)50-43(51)55)65-67(56,57)60-21-30-37(66-68)34(45)41(64-30)52-25-49-35-38(46)47-24-48-39(35)52;/h10-19,24-25,30-31,33-34,36-37,40-41H,2-9,20-23H2,1H3,(H,56,57)(H2,46,47,48)(H,50,53,55);1H3/t30-,31-,33-,34-,36-,37-,40-,41-,68?;/m1./s1. The lowest BCUT2D eigenvalue weighted by molar-refractivity contribution is -0.235. The number of alkyl halides is 2. The van der Waals surface area contributed by atoms with Crippen LogP contribution in [0.4, 0.5) is 14.6 Å². The predicted molar refractivity (Wildman–Crippen MR) is 249 cm³/mol. The van der Waals surface area contributed by atoms with E-state index in [4.69, 9.17) is 42.8 Å². The number of halogens is 2. The summed E-state index contributed by atoms with van der Waals surface area (Å²) in [5.74, 6) is 0.0808. The van der Waals surface area contributed by atoms with E-state index in [0.29, 0.717) is 39.4 Å². The zero-order chi connectivity index (χ0) is 48.7. The van der Waals surface area contributed by atoms with Gasteiger partial charge in [-0.15, -0.1) is 0 Å². The van der Waals surface area contributed by atoms with E-state index in [1.54, 1.807) is 36.4 Å². The van der Waals surface area contributed by atoms with E-state index in [1.165, 1.54) is 61.6 Å². The number of rotatable bonds is 17. The number of hydrogen-bond acceptors (Lipinski definition) is 19. The fourth-order valence-corrected chi connectivity index (χ4v) is 12.2. The second-order valence-corrected chi connectivity index (χ2v) is 21.8. The van der Waals surface area contributed by atoms with Crippen LogP contribution in [0.3, 0.4) is 0 Å². The molecule has 7 N–H and O–H groups in total. The molecule has 8 rings (SSSR count). The van der Waals surface area contributed by atoms with Gasteiger partial charge in [0, 0.05) is 18.0 Å². The number of H-pyrrole nitrogens is 1. The number of anilines is 1. The molecule has 2 unspecified atom stereocenters. The molecule has 3 aliphatic rings. The molecule has 5 aromatic rings. The maximum atomic E-state index is 16.8. The summed E-state index contributed by atoms with van der Waals surface area (Å²) in [6.07, 6.45) is -2.59. The number of carbonyl (C=O) groups excluding carboxylic acids is 1. The largest absolute Gasteiger partial charge is 0.756 e. The van der Waals surface area contributed by atoms with Crippen molar-refractivity contribution >= 4 is 49.0 Å². The zero-order valence-electron chi connectivity index (χ0n) is 38.1. The fourth-order valence-electron chi connectivity index (χ4n) is 7.88. The number of nitrogens with one attached hydrogen (secondary N) is 1. The molecule has 0 saturated carbocycles. The number of imidazole rings is 1. The number of benzene rings is 2. The molecular weight excluding hydrogens is 985 g/mol. The van der Waals surface area contributed by atoms with Crippen LogP contribution in [0.15, 0.2) is 83.0 Å². The first-order valence-electron chi connectivity index (χ1n) is 22.3. The van der Waals surface area contributed by atoms with Gasteiger partial charge in [0.05, 0.1) is 31.7 Å². The third-order valence-electron chi connectivity index (χ3n) is 11.5. The molecule has 22 nitrogen and oxygen atoms in total. The Morgan fingerprint density at radius 2 is 1.47 bits per heavy atom. The van der Waals surface area contributed by atoms with E-state index >= 15 is 8.78 Å². The van der Waals surface area contributed by atoms with Crippen LogP contribution >= 0.6 is 26.0 Å². The molecular formula is C43H54F2N8O14P2S. The van der Waals surface area contributed by atoms with Crippen LogP contribution in [-0.2, 0) is 42.5 Å². The molecule has 2 aromatic carbocycles. The molecule has 380 valence electrons. The van der Waals surface area contributed by atoms with Gasteiger partial charge in [0.25, 0.3) is 13.4 Å². The van der Waals surface area contributed by atoms with Crippen molar-refractivity contribution in [2.75, 3.05) is 25.6 Å². The molecule has 0 bridgehead atoms. The number of ether oxygens (including phenoxy) is 4. The lowest BCUT2D eigenvalue weighted by Crippen LogP contribution is -2.39. The van der Waals surface area contributed by atoms with Gasteiger partial charge in [-0.2, -0.15) is 0 Å². The minimum absolute atomic E-state index is 0. The number of fused-ring (bicyclic) bond motifs is 3. The Balaban J connectivity index is 0.00000722. The highest BCUT2D eigenvalue weighted by Gasteiger charge is 2.54. The quantitative estimate of drug-likeness (QED) is 0.0370. The number of nitrogen functional groups attached to an aromatic ring is 1. The van der Waals surface area contributed by atoms with Crippen LogP contribution in [0, 0.1) is 0 Å². The van der Waals surface area contributed by atoms with Gasteiger partial charge >= 0.3 is 18.5 Å². The van der Waals surface area contributed by atoms with Crippen LogP contribution in [-0.4, -0.2) is 91.6 Å². The predicted octanol–water partition coefficient (Wildman–Crippen LogP) is 6.87. The summed E-state index contributed by atoms with van der Waals surface area (Å²) in [7, 11) is -5.50. The van der Waals surface area contributed by atoms with Crippen LogP contribution in [0.25, 0.3) is 11.2 Å². The molecule has 0 aliphatic carbocycles. The lowest BCUT2D eigenvalue weighted by Gasteiger charge is -2.32. The zero-order valence-corrected chi connectivity index (χ0v) is 40.7. The normalized spacial score (nSPS) is 27.9. The van der Waals surface area contributed by atoms with E-state index in [1.807, 2.05) is 4.98 Å². The number of phosphoric ester groups is 1. The average Bonchev–Trinajstić information content (AvgIpc) is 3.99. The maximum Gasteiger partial charge on any atom is 0.389 e. The monoisotopic (exact) mass is 1040 g/mol. The van der Waals surface area contributed by atoms with Crippen molar-refractivity contribution in [3.8, 4) is 11.5 Å². The molecule has 3 saturated heterocycles. The smallest absolute Gasteiger partial charge is 0.389 e. The number of phosphoric acid groups is 1. The highest BCUT2D eigenvalue weighted by molar-refractivity contribution is 8.54. The number of esters is 1. The number of aromatic amines is 1. The van der Waals surface area contributed by atoms with Gasteiger partial charge in [0.2, 0.25) is 0 Å². The average molecular weight is 1040 g/mol. The maximum absolute atomic E-state index is 16.8. The second kappa shape index (κ2) is 23.5. The van der Waals surface area contributed by atoms with Crippen LogP contribution in [0.5, 0.6) is 11.5 Å². The van der Waals surface area contributed by atoms with Crippen LogP contribution < -0.4 is 37.5 Å². The third kappa shape index (κ3) is 12.8. The summed E-state index contributed by atoms with van der Waals surface area (Å²) in [5.41, 5.74) is 5.02. The molecule has 3 aliphatic heterocycles. The molecule has 0 amide bonds. The van der Waals surface area contributed by atoms with Crippen molar-refractivity contribution in [2.45, 2.75) is 113 Å². The van der Waals surface area contributed by atoms with Crippen molar-refractivity contribution in [1.82, 2.24) is 35.2 Å². The molecule has 3 aromatic heterocycles. The molecule has 0 radical (unpaired) electrons. The minimum Gasteiger partial charge on any atom is -0.756 e. The van der Waals surface area contributed by atoms with Crippen molar-refractivity contribution in [1.29, 1.82) is 0 Å². The summed E-state index contributed by atoms with van der Waals surface area (Å²) in [6, 6.07) is 13.7.